The lowest BCUT2D eigenvalue weighted by Gasteiger charge is -2.42. The van der Waals surface area contributed by atoms with Crippen molar-refractivity contribution >= 4 is 0 Å². The molecule has 0 saturated carbocycles. The SMILES string of the molecule is CCN(CC)C1CC(C)c2ccccc2C1NC. The molecule has 0 bridgehead atoms. The molecule has 0 aromatic heterocycles. The fraction of sp³-hybridized carbons (Fsp3) is 0.625. The fourth-order valence-electron chi connectivity index (χ4n) is 3.48. The number of hydrogen-bond acceptors (Lipinski definition) is 2. The molecule has 3 unspecified atom stereocenters. The molecule has 18 heavy (non-hydrogen) atoms. The molecule has 1 aliphatic carbocycles. The van der Waals surface area contributed by atoms with Gasteiger partial charge in [-0.1, -0.05) is 45.0 Å². The maximum Gasteiger partial charge on any atom is 0.0478 e. The van der Waals surface area contributed by atoms with Gasteiger partial charge in [0.05, 0.1) is 0 Å². The van der Waals surface area contributed by atoms with E-state index in [0.29, 0.717) is 18.0 Å². The first-order valence-electron chi connectivity index (χ1n) is 7.23. The Balaban J connectivity index is 2.36. The monoisotopic (exact) mass is 246 g/mol. The molecule has 2 nitrogen and oxygen atoms in total. The molecule has 0 aliphatic heterocycles. The van der Waals surface area contributed by atoms with Crippen LogP contribution in [0.5, 0.6) is 0 Å². The molecule has 100 valence electrons. The van der Waals surface area contributed by atoms with Crippen LogP contribution in [0.4, 0.5) is 0 Å². The highest BCUT2D eigenvalue weighted by atomic mass is 15.2. The summed E-state index contributed by atoms with van der Waals surface area (Å²) in [5.74, 6) is 0.663. The molecule has 3 atom stereocenters. The van der Waals surface area contributed by atoms with Crippen molar-refractivity contribution in [1.82, 2.24) is 10.2 Å². The van der Waals surface area contributed by atoms with Gasteiger partial charge in [0.1, 0.15) is 0 Å². The summed E-state index contributed by atoms with van der Waals surface area (Å²) in [5.41, 5.74) is 3.02. The van der Waals surface area contributed by atoms with Crippen molar-refractivity contribution in [3.63, 3.8) is 0 Å². The van der Waals surface area contributed by atoms with Crippen molar-refractivity contribution in [3.8, 4) is 0 Å². The average Bonchev–Trinajstić information content (AvgIpc) is 2.41. The summed E-state index contributed by atoms with van der Waals surface area (Å²) in [6, 6.07) is 10.0. The van der Waals surface area contributed by atoms with E-state index in [1.165, 1.54) is 17.5 Å². The summed E-state index contributed by atoms with van der Waals surface area (Å²) in [4.78, 5) is 2.59. The topological polar surface area (TPSA) is 15.3 Å². The van der Waals surface area contributed by atoms with Crippen molar-refractivity contribution in [1.29, 1.82) is 0 Å². The number of benzene rings is 1. The van der Waals surface area contributed by atoms with Crippen LogP contribution in [-0.2, 0) is 0 Å². The summed E-state index contributed by atoms with van der Waals surface area (Å²) in [6.45, 7) is 9.16. The number of nitrogens with zero attached hydrogens (tertiary/aromatic N) is 1. The van der Waals surface area contributed by atoms with E-state index in [2.05, 4.69) is 62.3 Å². The largest absolute Gasteiger partial charge is 0.312 e. The van der Waals surface area contributed by atoms with E-state index in [9.17, 15) is 0 Å². The Morgan fingerprint density at radius 3 is 2.33 bits per heavy atom. The standard InChI is InChI=1S/C16H26N2/c1-5-18(6-2)15-11-12(3)13-9-7-8-10-14(13)16(15)17-4/h7-10,12,15-17H,5-6,11H2,1-4H3. The van der Waals surface area contributed by atoms with E-state index >= 15 is 0 Å². The fourth-order valence-corrected chi connectivity index (χ4v) is 3.48. The predicted octanol–water partition coefficient (Wildman–Crippen LogP) is 3.16. The van der Waals surface area contributed by atoms with Crippen LogP contribution in [0.25, 0.3) is 0 Å². The Morgan fingerprint density at radius 2 is 1.78 bits per heavy atom. The Morgan fingerprint density at radius 1 is 1.17 bits per heavy atom. The zero-order valence-electron chi connectivity index (χ0n) is 12.1. The Hall–Kier alpha value is -0.860. The van der Waals surface area contributed by atoms with Gasteiger partial charge in [0.25, 0.3) is 0 Å². The number of nitrogens with one attached hydrogen (secondary N) is 1. The molecule has 2 heteroatoms. The van der Waals surface area contributed by atoms with E-state index < -0.39 is 0 Å². The van der Waals surface area contributed by atoms with Gasteiger partial charge in [-0.15, -0.1) is 0 Å². The Bertz CT molecular complexity index is 384. The maximum atomic E-state index is 3.54. The maximum absolute atomic E-state index is 3.54. The molecular formula is C16H26N2. The molecule has 2 rings (SSSR count). The van der Waals surface area contributed by atoms with E-state index in [4.69, 9.17) is 0 Å². The molecule has 1 aliphatic rings. The zero-order valence-corrected chi connectivity index (χ0v) is 12.1. The molecule has 1 aromatic rings. The molecule has 0 radical (unpaired) electrons. The van der Waals surface area contributed by atoms with Crippen molar-refractivity contribution in [2.75, 3.05) is 20.1 Å². The Labute approximate surface area is 111 Å². The van der Waals surface area contributed by atoms with Crippen molar-refractivity contribution in [2.45, 2.75) is 45.2 Å². The van der Waals surface area contributed by atoms with Crippen molar-refractivity contribution in [3.05, 3.63) is 35.4 Å². The van der Waals surface area contributed by atoms with Crippen LogP contribution in [0.3, 0.4) is 0 Å². The molecule has 0 fully saturated rings. The van der Waals surface area contributed by atoms with Gasteiger partial charge >= 0.3 is 0 Å². The average molecular weight is 246 g/mol. The second-order valence-electron chi connectivity index (χ2n) is 5.32. The highest BCUT2D eigenvalue weighted by Crippen LogP contribution is 2.39. The van der Waals surface area contributed by atoms with Gasteiger partial charge in [-0.05, 0) is 43.6 Å². The summed E-state index contributed by atoms with van der Waals surface area (Å²) in [7, 11) is 2.09. The summed E-state index contributed by atoms with van der Waals surface area (Å²) in [5, 5.41) is 3.54. The van der Waals surface area contributed by atoms with Crippen LogP contribution in [0.2, 0.25) is 0 Å². The minimum absolute atomic E-state index is 0.470. The first-order chi connectivity index (χ1) is 8.72. The number of likely N-dealkylation sites (N-methyl/N-ethyl adjacent to an activating group) is 2. The minimum Gasteiger partial charge on any atom is -0.312 e. The van der Waals surface area contributed by atoms with Crippen molar-refractivity contribution in [2.24, 2.45) is 0 Å². The van der Waals surface area contributed by atoms with Gasteiger partial charge in [-0.2, -0.15) is 0 Å². The molecule has 0 heterocycles. The highest BCUT2D eigenvalue weighted by molar-refractivity contribution is 5.36. The quantitative estimate of drug-likeness (QED) is 0.878. The van der Waals surface area contributed by atoms with Crippen LogP contribution in [0, 0.1) is 0 Å². The van der Waals surface area contributed by atoms with E-state index in [1.807, 2.05) is 0 Å². The Kier molecular flexibility index (Phi) is 4.41. The second kappa shape index (κ2) is 5.85. The van der Waals surface area contributed by atoms with Crippen LogP contribution >= 0.6 is 0 Å². The normalized spacial score (nSPS) is 27.3. The number of rotatable bonds is 4. The van der Waals surface area contributed by atoms with Gasteiger partial charge < -0.3 is 5.32 Å². The summed E-state index contributed by atoms with van der Waals surface area (Å²) >= 11 is 0. The van der Waals surface area contributed by atoms with Crippen molar-refractivity contribution < 1.29 is 0 Å². The van der Waals surface area contributed by atoms with E-state index in [0.717, 1.165) is 13.1 Å². The van der Waals surface area contributed by atoms with Gasteiger partial charge in [-0.3, -0.25) is 4.90 Å². The number of hydrogen-bond donors (Lipinski definition) is 1. The smallest absolute Gasteiger partial charge is 0.0478 e. The first-order valence-corrected chi connectivity index (χ1v) is 7.23. The van der Waals surface area contributed by atoms with Crippen LogP contribution in [0.1, 0.15) is 50.3 Å². The highest BCUT2D eigenvalue weighted by Gasteiger charge is 2.34. The third-order valence-electron chi connectivity index (χ3n) is 4.43. The lowest BCUT2D eigenvalue weighted by molar-refractivity contribution is 0.150. The van der Waals surface area contributed by atoms with Gasteiger partial charge in [0.2, 0.25) is 0 Å². The number of fused-ring (bicyclic) bond motifs is 1. The minimum atomic E-state index is 0.470. The van der Waals surface area contributed by atoms with E-state index in [-0.39, 0.29) is 0 Å². The third kappa shape index (κ3) is 2.32. The first kappa shape index (κ1) is 13.6. The summed E-state index contributed by atoms with van der Waals surface area (Å²) in [6.07, 6.45) is 1.25. The summed E-state index contributed by atoms with van der Waals surface area (Å²) < 4.78 is 0. The predicted molar refractivity (Wildman–Crippen MR) is 78.0 cm³/mol. The molecular weight excluding hydrogens is 220 g/mol. The van der Waals surface area contributed by atoms with Crippen LogP contribution in [-0.4, -0.2) is 31.1 Å². The second-order valence-corrected chi connectivity index (χ2v) is 5.32. The molecule has 1 N–H and O–H groups in total. The molecule has 0 saturated heterocycles. The lowest BCUT2D eigenvalue weighted by atomic mass is 9.77. The zero-order chi connectivity index (χ0) is 13.1. The van der Waals surface area contributed by atoms with Gasteiger partial charge in [0.15, 0.2) is 0 Å². The van der Waals surface area contributed by atoms with E-state index in [1.54, 1.807) is 0 Å². The van der Waals surface area contributed by atoms with Gasteiger partial charge in [0, 0.05) is 12.1 Å². The third-order valence-corrected chi connectivity index (χ3v) is 4.43. The lowest BCUT2D eigenvalue weighted by Crippen LogP contribution is -2.47. The van der Waals surface area contributed by atoms with Gasteiger partial charge in [-0.25, -0.2) is 0 Å². The van der Waals surface area contributed by atoms with Crippen LogP contribution in [0.15, 0.2) is 24.3 Å². The molecule has 1 aromatic carbocycles. The molecule has 0 amide bonds. The molecule has 0 spiro atoms. The van der Waals surface area contributed by atoms with Crippen LogP contribution < -0.4 is 5.32 Å².